The summed E-state index contributed by atoms with van der Waals surface area (Å²) in [5.41, 5.74) is 1.06. The highest BCUT2D eigenvalue weighted by Crippen LogP contribution is 2.38. The highest BCUT2D eigenvalue weighted by atomic mass is 32.2. The molecule has 0 bridgehead atoms. The summed E-state index contributed by atoms with van der Waals surface area (Å²) in [6.45, 7) is 6.21. The number of ether oxygens (including phenoxy) is 1. The van der Waals surface area contributed by atoms with Crippen molar-refractivity contribution in [1.82, 2.24) is 19.2 Å². The fourth-order valence-electron chi connectivity index (χ4n) is 3.73. The number of piperazine rings is 1. The van der Waals surface area contributed by atoms with Gasteiger partial charge in [-0.25, -0.2) is 13.4 Å². The van der Waals surface area contributed by atoms with Crippen molar-refractivity contribution >= 4 is 10.0 Å². The molecule has 4 rings (SSSR count). The molecule has 1 aromatic heterocycles. The Bertz CT molecular complexity index is 718. The first-order chi connectivity index (χ1) is 11.9. The molecule has 2 atom stereocenters. The average molecular weight is 366 g/mol. The first kappa shape index (κ1) is 17.2. The van der Waals surface area contributed by atoms with E-state index >= 15 is 0 Å². The van der Waals surface area contributed by atoms with E-state index in [0.717, 1.165) is 25.2 Å². The molecule has 7 nitrogen and oxygen atoms in total. The van der Waals surface area contributed by atoms with E-state index in [1.54, 1.807) is 24.3 Å². The van der Waals surface area contributed by atoms with Gasteiger partial charge in [-0.05, 0) is 26.7 Å². The van der Waals surface area contributed by atoms with Gasteiger partial charge >= 0.3 is 0 Å². The minimum atomic E-state index is -3.18. The molecule has 138 valence electrons. The van der Waals surface area contributed by atoms with Crippen molar-refractivity contribution in [3.8, 4) is 5.88 Å². The number of rotatable bonds is 5. The van der Waals surface area contributed by atoms with Gasteiger partial charge in [0.15, 0.2) is 0 Å². The van der Waals surface area contributed by atoms with Crippen LogP contribution in [0.2, 0.25) is 0 Å². The van der Waals surface area contributed by atoms with Crippen molar-refractivity contribution in [2.75, 3.05) is 26.2 Å². The van der Waals surface area contributed by atoms with Gasteiger partial charge in [0, 0.05) is 44.6 Å². The maximum Gasteiger partial charge on any atom is 0.232 e. The zero-order chi connectivity index (χ0) is 17.6. The van der Waals surface area contributed by atoms with E-state index in [4.69, 9.17) is 4.74 Å². The minimum Gasteiger partial charge on any atom is -0.472 e. The zero-order valence-electron chi connectivity index (χ0n) is 14.8. The van der Waals surface area contributed by atoms with Crippen LogP contribution in [0.25, 0.3) is 0 Å². The van der Waals surface area contributed by atoms with E-state index < -0.39 is 10.0 Å². The Balaban J connectivity index is 1.36. The van der Waals surface area contributed by atoms with Crippen LogP contribution in [-0.2, 0) is 10.0 Å². The van der Waals surface area contributed by atoms with Crippen LogP contribution >= 0.6 is 0 Å². The SMILES string of the molecule is CC(C)S(=O)(=O)N1CCN2C[C@H](Oc3cnc(C4CC4)cn3)C[C@H]2C1. The third kappa shape index (κ3) is 3.52. The molecule has 0 radical (unpaired) electrons. The molecule has 0 unspecified atom stereocenters. The Kier molecular flexibility index (Phi) is 4.45. The van der Waals surface area contributed by atoms with Gasteiger partial charge in [0.2, 0.25) is 15.9 Å². The lowest BCUT2D eigenvalue weighted by Gasteiger charge is -2.37. The summed E-state index contributed by atoms with van der Waals surface area (Å²) < 4.78 is 32.4. The second kappa shape index (κ2) is 6.48. The van der Waals surface area contributed by atoms with E-state index in [1.807, 2.05) is 6.20 Å². The summed E-state index contributed by atoms with van der Waals surface area (Å²) in [5, 5.41) is -0.368. The van der Waals surface area contributed by atoms with E-state index in [1.165, 1.54) is 12.8 Å². The maximum atomic E-state index is 12.4. The molecule has 2 aliphatic heterocycles. The number of hydrogen-bond donors (Lipinski definition) is 0. The summed E-state index contributed by atoms with van der Waals surface area (Å²) in [7, 11) is -3.18. The quantitative estimate of drug-likeness (QED) is 0.780. The summed E-state index contributed by atoms with van der Waals surface area (Å²) >= 11 is 0. The van der Waals surface area contributed by atoms with Gasteiger partial charge in [0.25, 0.3) is 0 Å². The fraction of sp³-hybridized carbons (Fsp3) is 0.765. The molecule has 0 aromatic carbocycles. The van der Waals surface area contributed by atoms with Crippen LogP contribution in [0, 0.1) is 0 Å². The van der Waals surface area contributed by atoms with Crippen molar-refractivity contribution in [2.45, 2.75) is 56.4 Å². The lowest BCUT2D eigenvalue weighted by atomic mass is 10.2. The summed E-state index contributed by atoms with van der Waals surface area (Å²) in [6.07, 6.45) is 6.85. The lowest BCUT2D eigenvalue weighted by molar-refractivity contribution is 0.150. The van der Waals surface area contributed by atoms with Gasteiger partial charge in [0.05, 0.1) is 23.3 Å². The van der Waals surface area contributed by atoms with Crippen LogP contribution in [-0.4, -0.2) is 71.2 Å². The van der Waals surface area contributed by atoms with Crippen molar-refractivity contribution in [1.29, 1.82) is 0 Å². The molecule has 3 aliphatic rings. The second-order valence-corrected chi connectivity index (χ2v) is 10.1. The average Bonchev–Trinajstić information content (AvgIpc) is 3.35. The summed E-state index contributed by atoms with van der Waals surface area (Å²) in [6, 6.07) is 0.228. The monoisotopic (exact) mass is 366 g/mol. The van der Waals surface area contributed by atoms with E-state index in [2.05, 4.69) is 14.9 Å². The molecular weight excluding hydrogens is 340 g/mol. The predicted octanol–water partition coefficient (Wildman–Crippen LogP) is 1.23. The van der Waals surface area contributed by atoms with Crippen LogP contribution in [0.15, 0.2) is 12.4 Å². The standard InChI is InChI=1S/C17H26N4O3S/c1-12(2)25(22,23)21-6-5-20-11-15(7-14(20)10-21)24-17-9-18-16(8-19-17)13-3-4-13/h8-9,12-15H,3-7,10-11H2,1-2H3/t14-,15+/m0/s1. The Morgan fingerprint density at radius 2 is 1.96 bits per heavy atom. The van der Waals surface area contributed by atoms with Gasteiger partial charge < -0.3 is 4.74 Å². The van der Waals surface area contributed by atoms with Gasteiger partial charge in [-0.2, -0.15) is 4.31 Å². The molecule has 0 amide bonds. The van der Waals surface area contributed by atoms with Crippen molar-refractivity contribution in [2.24, 2.45) is 0 Å². The lowest BCUT2D eigenvalue weighted by Crippen LogP contribution is -2.53. The topological polar surface area (TPSA) is 75.6 Å². The third-order valence-electron chi connectivity index (χ3n) is 5.43. The number of hydrogen-bond acceptors (Lipinski definition) is 6. The largest absolute Gasteiger partial charge is 0.472 e. The Morgan fingerprint density at radius 3 is 2.60 bits per heavy atom. The van der Waals surface area contributed by atoms with Crippen LogP contribution in [0.5, 0.6) is 5.88 Å². The Labute approximate surface area is 149 Å². The summed E-state index contributed by atoms with van der Waals surface area (Å²) in [5.74, 6) is 1.16. The number of fused-ring (bicyclic) bond motifs is 1. The van der Waals surface area contributed by atoms with Gasteiger partial charge in [0.1, 0.15) is 6.10 Å². The number of aromatic nitrogens is 2. The normalized spacial score (nSPS) is 28.3. The van der Waals surface area contributed by atoms with Gasteiger partial charge in [-0.3, -0.25) is 9.88 Å². The fourth-order valence-corrected chi connectivity index (χ4v) is 5.04. The van der Waals surface area contributed by atoms with E-state index in [-0.39, 0.29) is 17.4 Å². The third-order valence-corrected chi connectivity index (χ3v) is 7.67. The molecular formula is C17H26N4O3S. The van der Waals surface area contributed by atoms with Crippen LogP contribution in [0.3, 0.4) is 0 Å². The van der Waals surface area contributed by atoms with Crippen LogP contribution < -0.4 is 4.74 Å². The Hall–Kier alpha value is -1.25. The molecule has 8 heteroatoms. The van der Waals surface area contributed by atoms with E-state index in [9.17, 15) is 8.42 Å². The molecule has 25 heavy (non-hydrogen) atoms. The van der Waals surface area contributed by atoms with Crippen molar-refractivity contribution in [3.05, 3.63) is 18.1 Å². The van der Waals surface area contributed by atoms with E-state index in [0.29, 0.717) is 24.9 Å². The molecule has 1 aliphatic carbocycles. The van der Waals surface area contributed by atoms with Gasteiger partial charge in [-0.15, -0.1) is 0 Å². The van der Waals surface area contributed by atoms with Crippen LogP contribution in [0.4, 0.5) is 0 Å². The molecule has 1 aromatic rings. The molecule has 3 heterocycles. The summed E-state index contributed by atoms with van der Waals surface area (Å²) in [4.78, 5) is 11.2. The predicted molar refractivity (Wildman–Crippen MR) is 94.0 cm³/mol. The minimum absolute atomic E-state index is 0.0489. The first-order valence-electron chi connectivity index (χ1n) is 9.15. The maximum absolute atomic E-state index is 12.4. The highest BCUT2D eigenvalue weighted by molar-refractivity contribution is 7.89. The van der Waals surface area contributed by atoms with Crippen molar-refractivity contribution < 1.29 is 13.2 Å². The number of nitrogens with zero attached hydrogens (tertiary/aromatic N) is 4. The molecule has 2 saturated heterocycles. The molecule has 3 fully saturated rings. The molecule has 0 N–H and O–H groups in total. The van der Waals surface area contributed by atoms with Gasteiger partial charge in [-0.1, -0.05) is 0 Å². The Morgan fingerprint density at radius 1 is 1.16 bits per heavy atom. The first-order valence-corrected chi connectivity index (χ1v) is 10.7. The number of sulfonamides is 1. The molecule has 1 saturated carbocycles. The smallest absolute Gasteiger partial charge is 0.232 e. The second-order valence-electron chi connectivity index (χ2n) is 7.63. The van der Waals surface area contributed by atoms with Crippen molar-refractivity contribution in [3.63, 3.8) is 0 Å². The molecule has 0 spiro atoms. The van der Waals surface area contributed by atoms with Crippen LogP contribution in [0.1, 0.15) is 44.7 Å². The zero-order valence-corrected chi connectivity index (χ0v) is 15.7. The highest BCUT2D eigenvalue weighted by Gasteiger charge is 2.41.